The molecule has 0 saturated heterocycles. The van der Waals surface area contributed by atoms with E-state index in [0.29, 0.717) is 28.1 Å². The highest BCUT2D eigenvalue weighted by atomic mass is 16.5. The van der Waals surface area contributed by atoms with Gasteiger partial charge in [-0.15, -0.1) is 0 Å². The van der Waals surface area contributed by atoms with E-state index in [1.165, 1.54) is 0 Å². The van der Waals surface area contributed by atoms with Crippen LogP contribution in [0.1, 0.15) is 26.3 Å². The van der Waals surface area contributed by atoms with Crippen LogP contribution in [0.5, 0.6) is 0 Å². The molecule has 4 rings (SSSR count). The van der Waals surface area contributed by atoms with Gasteiger partial charge < -0.3 is 15.4 Å². The Kier molecular flexibility index (Phi) is 7.10. The first-order valence-corrected chi connectivity index (χ1v) is 10.7. The van der Waals surface area contributed by atoms with E-state index >= 15 is 0 Å². The Balaban J connectivity index is 1.41. The fourth-order valence-electron chi connectivity index (χ4n) is 3.38. The minimum atomic E-state index is -0.636. The van der Waals surface area contributed by atoms with Crippen LogP contribution in [0.25, 0.3) is 0 Å². The van der Waals surface area contributed by atoms with Gasteiger partial charge in [-0.1, -0.05) is 72.8 Å². The molecule has 6 heteroatoms. The van der Waals surface area contributed by atoms with Crippen molar-refractivity contribution in [3.63, 3.8) is 0 Å². The molecule has 0 aromatic heterocycles. The summed E-state index contributed by atoms with van der Waals surface area (Å²) in [5, 5.41) is 5.85. The number of esters is 1. The van der Waals surface area contributed by atoms with Crippen molar-refractivity contribution >= 4 is 34.7 Å². The Hall–Kier alpha value is -4.71. The van der Waals surface area contributed by atoms with Crippen molar-refractivity contribution in [2.24, 2.45) is 0 Å². The van der Waals surface area contributed by atoms with Crippen molar-refractivity contribution in [2.45, 2.75) is 0 Å². The molecule has 0 aliphatic rings. The van der Waals surface area contributed by atoms with Gasteiger partial charge in [0.2, 0.25) is 0 Å². The van der Waals surface area contributed by atoms with Crippen LogP contribution >= 0.6 is 0 Å². The van der Waals surface area contributed by atoms with Gasteiger partial charge in [-0.05, 0) is 36.4 Å². The van der Waals surface area contributed by atoms with Crippen LogP contribution in [0.2, 0.25) is 0 Å². The lowest BCUT2D eigenvalue weighted by atomic mass is 10.0. The fourth-order valence-corrected chi connectivity index (χ4v) is 3.38. The lowest BCUT2D eigenvalue weighted by molar-refractivity contribution is -0.119. The van der Waals surface area contributed by atoms with E-state index in [-0.39, 0.29) is 5.78 Å². The van der Waals surface area contributed by atoms with Crippen LogP contribution in [-0.4, -0.2) is 24.3 Å². The van der Waals surface area contributed by atoms with Gasteiger partial charge in [0.1, 0.15) is 0 Å². The highest BCUT2D eigenvalue weighted by molar-refractivity contribution is 6.14. The SMILES string of the molecule is O=C(COC(=O)c1ccccc1Nc1ccccc1)Nc1ccccc1C(=O)c1ccccc1. The molecule has 4 aromatic rings. The molecule has 0 radical (unpaired) electrons. The average Bonchev–Trinajstić information content (AvgIpc) is 2.89. The second kappa shape index (κ2) is 10.7. The number of carbonyl (C=O) groups is 3. The second-order valence-corrected chi connectivity index (χ2v) is 7.40. The molecule has 2 N–H and O–H groups in total. The van der Waals surface area contributed by atoms with Crippen molar-refractivity contribution in [1.29, 1.82) is 0 Å². The number of hydrogen-bond donors (Lipinski definition) is 2. The fraction of sp³-hybridized carbons (Fsp3) is 0.0357. The Morgan fingerprint density at radius 2 is 1.18 bits per heavy atom. The molecular weight excluding hydrogens is 428 g/mol. The molecule has 0 heterocycles. The monoisotopic (exact) mass is 450 g/mol. The average molecular weight is 450 g/mol. The number of nitrogens with one attached hydrogen (secondary N) is 2. The summed E-state index contributed by atoms with van der Waals surface area (Å²) in [5.74, 6) is -1.40. The van der Waals surface area contributed by atoms with E-state index in [2.05, 4.69) is 10.6 Å². The smallest absolute Gasteiger partial charge is 0.340 e. The number of anilines is 3. The predicted molar refractivity (Wildman–Crippen MR) is 131 cm³/mol. The lowest BCUT2D eigenvalue weighted by Gasteiger charge is -2.13. The first kappa shape index (κ1) is 22.5. The third-order valence-corrected chi connectivity index (χ3v) is 5.02. The van der Waals surface area contributed by atoms with Crippen LogP contribution in [-0.2, 0) is 9.53 Å². The van der Waals surface area contributed by atoms with Gasteiger partial charge in [-0.2, -0.15) is 0 Å². The molecule has 0 atom stereocenters. The standard InChI is InChI=1S/C28H22N2O4/c31-26(30-24-17-9-7-15-22(24)27(32)20-11-3-1-4-12-20)19-34-28(33)23-16-8-10-18-25(23)29-21-13-5-2-6-14-21/h1-18,29H,19H2,(H,30,31). The molecule has 6 nitrogen and oxygen atoms in total. The normalized spacial score (nSPS) is 10.2. The van der Waals surface area contributed by atoms with E-state index in [1.807, 2.05) is 36.4 Å². The second-order valence-electron chi connectivity index (χ2n) is 7.40. The Morgan fingerprint density at radius 3 is 1.88 bits per heavy atom. The summed E-state index contributed by atoms with van der Waals surface area (Å²) < 4.78 is 5.25. The number of carbonyl (C=O) groups excluding carboxylic acids is 3. The van der Waals surface area contributed by atoms with Crippen LogP contribution in [0.4, 0.5) is 17.1 Å². The third kappa shape index (κ3) is 5.55. The van der Waals surface area contributed by atoms with Crippen molar-refractivity contribution in [2.75, 3.05) is 17.2 Å². The van der Waals surface area contributed by atoms with Crippen molar-refractivity contribution in [3.8, 4) is 0 Å². The summed E-state index contributed by atoms with van der Waals surface area (Å²) >= 11 is 0. The predicted octanol–water partition coefficient (Wildman–Crippen LogP) is 5.46. The van der Waals surface area contributed by atoms with Crippen LogP contribution in [0.3, 0.4) is 0 Å². The van der Waals surface area contributed by atoms with Gasteiger partial charge in [-0.25, -0.2) is 4.79 Å². The zero-order valence-electron chi connectivity index (χ0n) is 18.2. The molecule has 1 amide bonds. The zero-order chi connectivity index (χ0) is 23.8. The summed E-state index contributed by atoms with van der Waals surface area (Å²) in [5.41, 5.74) is 2.91. The summed E-state index contributed by atoms with van der Waals surface area (Å²) in [6, 6.07) is 31.8. The summed E-state index contributed by atoms with van der Waals surface area (Å²) in [6.45, 7) is -0.494. The van der Waals surface area contributed by atoms with Crippen LogP contribution in [0, 0.1) is 0 Å². The molecule has 0 fully saturated rings. The van der Waals surface area contributed by atoms with E-state index < -0.39 is 18.5 Å². The number of ketones is 1. The number of para-hydroxylation sites is 3. The summed E-state index contributed by atoms with van der Waals surface area (Å²) in [6.07, 6.45) is 0. The molecule has 168 valence electrons. The van der Waals surface area contributed by atoms with Gasteiger partial charge in [0.15, 0.2) is 12.4 Å². The number of rotatable bonds is 8. The Morgan fingerprint density at radius 1 is 0.618 bits per heavy atom. The maximum atomic E-state index is 12.8. The quantitative estimate of drug-likeness (QED) is 0.275. The maximum Gasteiger partial charge on any atom is 0.340 e. The van der Waals surface area contributed by atoms with Crippen molar-refractivity contribution < 1.29 is 19.1 Å². The third-order valence-electron chi connectivity index (χ3n) is 5.02. The molecule has 0 bridgehead atoms. The Labute approximate surface area is 197 Å². The van der Waals surface area contributed by atoms with Gasteiger partial charge in [0, 0.05) is 16.8 Å². The topological polar surface area (TPSA) is 84.5 Å². The first-order chi connectivity index (χ1) is 16.6. The number of ether oxygens (including phenoxy) is 1. The minimum Gasteiger partial charge on any atom is -0.452 e. The summed E-state index contributed by atoms with van der Waals surface area (Å²) in [7, 11) is 0. The minimum absolute atomic E-state index is 0.214. The molecule has 0 spiro atoms. The van der Waals surface area contributed by atoms with Crippen molar-refractivity contribution in [1.82, 2.24) is 0 Å². The van der Waals surface area contributed by atoms with Gasteiger partial charge in [0.05, 0.1) is 16.9 Å². The van der Waals surface area contributed by atoms with Gasteiger partial charge in [0.25, 0.3) is 5.91 Å². The highest BCUT2D eigenvalue weighted by Crippen LogP contribution is 2.22. The van der Waals surface area contributed by atoms with E-state index in [1.54, 1.807) is 72.8 Å². The van der Waals surface area contributed by atoms with E-state index in [9.17, 15) is 14.4 Å². The lowest BCUT2D eigenvalue weighted by Crippen LogP contribution is -2.22. The number of benzene rings is 4. The zero-order valence-corrected chi connectivity index (χ0v) is 18.2. The molecule has 0 aliphatic heterocycles. The van der Waals surface area contributed by atoms with Gasteiger partial charge in [-0.3, -0.25) is 9.59 Å². The molecule has 4 aromatic carbocycles. The molecule has 0 unspecified atom stereocenters. The largest absolute Gasteiger partial charge is 0.452 e. The number of amides is 1. The first-order valence-electron chi connectivity index (χ1n) is 10.7. The molecule has 0 aliphatic carbocycles. The van der Waals surface area contributed by atoms with Crippen LogP contribution in [0.15, 0.2) is 109 Å². The maximum absolute atomic E-state index is 12.8. The van der Waals surface area contributed by atoms with Gasteiger partial charge >= 0.3 is 5.97 Å². The van der Waals surface area contributed by atoms with Crippen LogP contribution < -0.4 is 10.6 Å². The Bertz CT molecular complexity index is 1300. The van der Waals surface area contributed by atoms with Crippen molar-refractivity contribution in [3.05, 3.63) is 126 Å². The summed E-state index contributed by atoms with van der Waals surface area (Å²) in [4.78, 5) is 38.0. The molecular formula is C28H22N2O4. The number of hydrogen-bond acceptors (Lipinski definition) is 5. The van der Waals surface area contributed by atoms with E-state index in [4.69, 9.17) is 4.74 Å². The van der Waals surface area contributed by atoms with E-state index in [0.717, 1.165) is 5.69 Å². The molecule has 0 saturated carbocycles. The molecule has 34 heavy (non-hydrogen) atoms. The highest BCUT2D eigenvalue weighted by Gasteiger charge is 2.17.